The Balaban J connectivity index is 2.40. The van der Waals surface area contributed by atoms with Crippen LogP contribution in [-0.4, -0.2) is 23.8 Å². The lowest BCUT2D eigenvalue weighted by atomic mass is 9.83. The van der Waals surface area contributed by atoms with Crippen LogP contribution < -0.4 is 5.32 Å². The lowest BCUT2D eigenvalue weighted by molar-refractivity contribution is 0.0112. The van der Waals surface area contributed by atoms with E-state index in [1.54, 1.807) is 0 Å². The quantitative estimate of drug-likeness (QED) is 0.571. The second-order valence-electron chi connectivity index (χ2n) is 3.58. The zero-order valence-corrected chi connectivity index (χ0v) is 6.85. The smallest absolute Gasteiger partial charge is 0.0634 e. The summed E-state index contributed by atoms with van der Waals surface area (Å²) in [6.07, 6.45) is 4.24. The molecule has 0 aromatic carbocycles. The van der Waals surface area contributed by atoms with E-state index in [1.165, 1.54) is 6.42 Å². The van der Waals surface area contributed by atoms with Gasteiger partial charge in [0.2, 0.25) is 0 Å². The van der Waals surface area contributed by atoms with Gasteiger partial charge in [-0.25, -0.2) is 0 Å². The average Bonchev–Trinajstić information content (AvgIpc) is 1.86. The van der Waals surface area contributed by atoms with E-state index >= 15 is 0 Å². The van der Waals surface area contributed by atoms with Crippen LogP contribution in [0.4, 0.5) is 0 Å². The molecule has 0 aliphatic heterocycles. The topological polar surface area (TPSA) is 32.3 Å². The molecule has 1 aliphatic rings. The SMILES string of the molecule is CN[C@@H]1CCC[C@@](C)(O)C1. The van der Waals surface area contributed by atoms with Gasteiger partial charge in [0.15, 0.2) is 0 Å². The lowest BCUT2D eigenvalue weighted by Crippen LogP contribution is -2.40. The molecule has 0 amide bonds. The number of nitrogens with one attached hydrogen (secondary N) is 1. The summed E-state index contributed by atoms with van der Waals surface area (Å²) in [5, 5.41) is 12.8. The fraction of sp³-hybridized carbons (Fsp3) is 1.00. The molecule has 10 heavy (non-hydrogen) atoms. The van der Waals surface area contributed by atoms with Crippen molar-refractivity contribution in [3.05, 3.63) is 0 Å². The Kier molecular flexibility index (Phi) is 2.32. The van der Waals surface area contributed by atoms with Crippen molar-refractivity contribution >= 4 is 0 Å². The predicted molar refractivity (Wildman–Crippen MR) is 41.9 cm³/mol. The number of hydrogen-bond donors (Lipinski definition) is 2. The lowest BCUT2D eigenvalue weighted by Gasteiger charge is -2.33. The van der Waals surface area contributed by atoms with E-state index in [-0.39, 0.29) is 0 Å². The summed E-state index contributed by atoms with van der Waals surface area (Å²) in [7, 11) is 1.96. The molecule has 0 heterocycles. The van der Waals surface area contributed by atoms with Crippen LogP contribution in [0.3, 0.4) is 0 Å². The van der Waals surface area contributed by atoms with Crippen molar-refractivity contribution in [2.45, 2.75) is 44.2 Å². The van der Waals surface area contributed by atoms with E-state index < -0.39 is 5.60 Å². The standard InChI is InChI=1S/C8H17NO/c1-8(10)5-3-4-7(6-8)9-2/h7,9-10H,3-6H2,1-2H3/t7-,8-/m1/s1. The zero-order valence-electron chi connectivity index (χ0n) is 6.85. The van der Waals surface area contributed by atoms with Crippen molar-refractivity contribution in [3.63, 3.8) is 0 Å². The van der Waals surface area contributed by atoms with Gasteiger partial charge in [-0.15, -0.1) is 0 Å². The summed E-state index contributed by atoms with van der Waals surface area (Å²) in [4.78, 5) is 0. The maximum atomic E-state index is 9.64. The van der Waals surface area contributed by atoms with Crippen molar-refractivity contribution in [2.75, 3.05) is 7.05 Å². The maximum Gasteiger partial charge on any atom is 0.0634 e. The van der Waals surface area contributed by atoms with E-state index in [0.29, 0.717) is 6.04 Å². The summed E-state index contributed by atoms with van der Waals surface area (Å²) < 4.78 is 0. The fourth-order valence-corrected chi connectivity index (χ4v) is 1.71. The second-order valence-corrected chi connectivity index (χ2v) is 3.58. The molecule has 1 aliphatic carbocycles. The summed E-state index contributed by atoms with van der Waals surface area (Å²) in [6, 6.07) is 0.531. The second kappa shape index (κ2) is 2.89. The first-order valence-corrected chi connectivity index (χ1v) is 4.04. The Bertz CT molecular complexity index is 112. The van der Waals surface area contributed by atoms with Crippen LogP contribution in [0.25, 0.3) is 0 Å². The molecule has 0 unspecified atom stereocenters. The molecule has 2 heteroatoms. The van der Waals surface area contributed by atoms with Crippen LogP contribution in [0.2, 0.25) is 0 Å². The van der Waals surface area contributed by atoms with Gasteiger partial charge in [-0.1, -0.05) is 0 Å². The molecule has 2 nitrogen and oxygen atoms in total. The zero-order chi connectivity index (χ0) is 7.61. The molecule has 0 bridgehead atoms. The molecule has 2 atom stereocenters. The minimum Gasteiger partial charge on any atom is -0.390 e. The molecule has 1 rings (SSSR count). The van der Waals surface area contributed by atoms with E-state index in [0.717, 1.165) is 19.3 Å². The Labute approximate surface area is 62.6 Å². The average molecular weight is 143 g/mol. The number of aliphatic hydroxyl groups is 1. The first-order valence-electron chi connectivity index (χ1n) is 4.04. The van der Waals surface area contributed by atoms with Gasteiger partial charge in [0.25, 0.3) is 0 Å². The monoisotopic (exact) mass is 143 g/mol. The first-order chi connectivity index (χ1) is 4.64. The normalized spacial score (nSPS) is 41.7. The van der Waals surface area contributed by atoms with Gasteiger partial charge in [0, 0.05) is 6.04 Å². The van der Waals surface area contributed by atoms with E-state index in [2.05, 4.69) is 5.32 Å². The van der Waals surface area contributed by atoms with Crippen LogP contribution >= 0.6 is 0 Å². The van der Waals surface area contributed by atoms with Crippen LogP contribution in [-0.2, 0) is 0 Å². The van der Waals surface area contributed by atoms with E-state index in [1.807, 2.05) is 14.0 Å². The van der Waals surface area contributed by atoms with Gasteiger partial charge in [0.1, 0.15) is 0 Å². The van der Waals surface area contributed by atoms with Gasteiger partial charge >= 0.3 is 0 Å². The number of rotatable bonds is 1. The largest absolute Gasteiger partial charge is 0.390 e. The Morgan fingerprint density at radius 3 is 2.70 bits per heavy atom. The highest BCUT2D eigenvalue weighted by molar-refractivity contribution is 4.84. The highest BCUT2D eigenvalue weighted by Gasteiger charge is 2.28. The molecular weight excluding hydrogens is 126 g/mol. The molecule has 0 aromatic rings. The van der Waals surface area contributed by atoms with Crippen LogP contribution in [0.15, 0.2) is 0 Å². The van der Waals surface area contributed by atoms with Crippen LogP contribution in [0, 0.1) is 0 Å². The Morgan fingerprint density at radius 2 is 2.30 bits per heavy atom. The Morgan fingerprint density at radius 1 is 1.60 bits per heavy atom. The summed E-state index contributed by atoms with van der Waals surface area (Å²) in [6.45, 7) is 1.93. The van der Waals surface area contributed by atoms with Gasteiger partial charge in [-0.2, -0.15) is 0 Å². The Hall–Kier alpha value is -0.0800. The van der Waals surface area contributed by atoms with Crippen molar-refractivity contribution in [3.8, 4) is 0 Å². The van der Waals surface area contributed by atoms with Gasteiger partial charge in [0.05, 0.1) is 5.60 Å². The molecular formula is C8H17NO. The molecule has 0 spiro atoms. The summed E-state index contributed by atoms with van der Waals surface area (Å²) >= 11 is 0. The highest BCUT2D eigenvalue weighted by atomic mass is 16.3. The number of hydrogen-bond acceptors (Lipinski definition) is 2. The summed E-state index contributed by atoms with van der Waals surface area (Å²) in [5.74, 6) is 0. The van der Waals surface area contributed by atoms with Gasteiger partial charge in [-0.05, 0) is 39.7 Å². The minimum absolute atomic E-state index is 0.411. The molecule has 60 valence electrons. The van der Waals surface area contributed by atoms with Gasteiger partial charge < -0.3 is 10.4 Å². The van der Waals surface area contributed by atoms with Crippen LogP contribution in [0.1, 0.15) is 32.6 Å². The van der Waals surface area contributed by atoms with Crippen molar-refractivity contribution in [1.82, 2.24) is 5.32 Å². The van der Waals surface area contributed by atoms with Crippen molar-refractivity contribution < 1.29 is 5.11 Å². The van der Waals surface area contributed by atoms with E-state index in [9.17, 15) is 5.11 Å². The third kappa shape index (κ3) is 1.96. The van der Waals surface area contributed by atoms with Crippen molar-refractivity contribution in [2.24, 2.45) is 0 Å². The molecule has 1 saturated carbocycles. The third-order valence-corrected chi connectivity index (χ3v) is 2.36. The minimum atomic E-state index is -0.411. The van der Waals surface area contributed by atoms with Crippen molar-refractivity contribution in [1.29, 1.82) is 0 Å². The molecule has 1 fully saturated rings. The maximum absolute atomic E-state index is 9.64. The fourth-order valence-electron chi connectivity index (χ4n) is 1.71. The highest BCUT2D eigenvalue weighted by Crippen LogP contribution is 2.27. The molecule has 0 radical (unpaired) electrons. The third-order valence-electron chi connectivity index (χ3n) is 2.36. The van der Waals surface area contributed by atoms with E-state index in [4.69, 9.17) is 0 Å². The van der Waals surface area contributed by atoms with Crippen LogP contribution in [0.5, 0.6) is 0 Å². The first kappa shape index (κ1) is 8.02. The molecule has 0 saturated heterocycles. The predicted octanol–water partition coefficient (Wildman–Crippen LogP) is 0.899. The molecule has 2 N–H and O–H groups in total. The summed E-state index contributed by atoms with van der Waals surface area (Å²) in [5.41, 5.74) is -0.411. The molecule has 0 aromatic heterocycles. The van der Waals surface area contributed by atoms with Gasteiger partial charge in [-0.3, -0.25) is 0 Å².